The average Bonchev–Trinajstić information content (AvgIpc) is 2.91. The van der Waals surface area contributed by atoms with Crippen molar-refractivity contribution in [3.63, 3.8) is 0 Å². The van der Waals surface area contributed by atoms with Crippen LogP contribution in [-0.4, -0.2) is 58.9 Å². The summed E-state index contributed by atoms with van der Waals surface area (Å²) in [5.41, 5.74) is 1.30. The Morgan fingerprint density at radius 2 is 1.24 bits per heavy atom. The second kappa shape index (κ2) is 19.7. The van der Waals surface area contributed by atoms with E-state index in [1.54, 1.807) is 0 Å². The highest BCUT2D eigenvalue weighted by Crippen LogP contribution is 2.12. The van der Waals surface area contributed by atoms with Crippen LogP contribution >= 0.6 is 0 Å². The fourth-order valence-corrected chi connectivity index (χ4v) is 3.86. The molecule has 2 rings (SSSR count). The topological polar surface area (TPSA) is 117 Å². The molecule has 0 saturated heterocycles. The highest BCUT2D eigenvalue weighted by atomic mass is 16.6. The molecule has 0 unspecified atom stereocenters. The molecule has 2 atom stereocenters. The number of carbonyl (C=O) groups is 2. The summed E-state index contributed by atoms with van der Waals surface area (Å²) >= 11 is 0. The number of amides is 2. The predicted molar refractivity (Wildman–Crippen MR) is 169 cm³/mol. The van der Waals surface area contributed by atoms with Gasteiger partial charge in [0.05, 0.1) is 6.04 Å². The number of carbonyl (C=O) groups excluding carboxylic acids is 2. The summed E-state index contributed by atoms with van der Waals surface area (Å²) in [6.07, 6.45) is 7.50. The molecule has 0 bridgehead atoms. The van der Waals surface area contributed by atoms with E-state index >= 15 is 0 Å². The minimum atomic E-state index is -0.519. The van der Waals surface area contributed by atoms with Crippen molar-refractivity contribution in [2.24, 2.45) is 0 Å². The van der Waals surface area contributed by atoms with Crippen molar-refractivity contribution in [1.29, 1.82) is 0 Å². The van der Waals surface area contributed by atoms with Crippen molar-refractivity contribution in [3.05, 3.63) is 77.9 Å². The Morgan fingerprint density at radius 1 is 0.738 bits per heavy atom. The first-order valence-corrected chi connectivity index (χ1v) is 14.8. The lowest BCUT2D eigenvalue weighted by Gasteiger charge is -2.23. The third-order valence-corrected chi connectivity index (χ3v) is 5.75. The lowest BCUT2D eigenvalue weighted by atomic mass is 10.0. The van der Waals surface area contributed by atoms with E-state index in [1.165, 1.54) is 5.56 Å². The first-order valence-electron chi connectivity index (χ1n) is 14.8. The SMILES string of the molecule is CC(C)(C)OC(=O)N[C@@H](CCCO)CCc1ccccc1.CC(C)(C)OC(=O)N[C@H](/C=C/c1ccccc1)CCCO. The highest BCUT2D eigenvalue weighted by Gasteiger charge is 2.20. The van der Waals surface area contributed by atoms with Gasteiger partial charge in [-0.05, 0) is 91.2 Å². The molecule has 0 saturated carbocycles. The van der Waals surface area contributed by atoms with E-state index in [0.717, 1.165) is 24.8 Å². The van der Waals surface area contributed by atoms with Crippen LogP contribution in [0.25, 0.3) is 6.08 Å². The highest BCUT2D eigenvalue weighted by molar-refractivity contribution is 5.69. The number of hydrogen-bond donors (Lipinski definition) is 4. The monoisotopic (exact) mass is 584 g/mol. The van der Waals surface area contributed by atoms with Gasteiger partial charge in [0.1, 0.15) is 11.2 Å². The summed E-state index contributed by atoms with van der Waals surface area (Å²) in [5.74, 6) is 0. The Kier molecular flexibility index (Phi) is 17.2. The van der Waals surface area contributed by atoms with Gasteiger partial charge in [-0.3, -0.25) is 0 Å². The zero-order valence-corrected chi connectivity index (χ0v) is 26.3. The fraction of sp³-hybridized carbons (Fsp3) is 0.529. The van der Waals surface area contributed by atoms with Gasteiger partial charge in [-0.1, -0.05) is 72.8 Å². The summed E-state index contributed by atoms with van der Waals surface area (Å²) < 4.78 is 10.5. The smallest absolute Gasteiger partial charge is 0.408 e. The molecule has 0 fully saturated rings. The second-order valence-electron chi connectivity index (χ2n) is 12.1. The fourth-order valence-electron chi connectivity index (χ4n) is 3.86. The second-order valence-corrected chi connectivity index (χ2v) is 12.1. The van der Waals surface area contributed by atoms with Crippen LogP contribution in [0.3, 0.4) is 0 Å². The maximum absolute atomic E-state index is 11.8. The predicted octanol–water partition coefficient (Wildman–Crippen LogP) is 6.65. The number of nitrogens with one attached hydrogen (secondary N) is 2. The van der Waals surface area contributed by atoms with Gasteiger partial charge in [0.25, 0.3) is 0 Å². The summed E-state index contributed by atoms with van der Waals surface area (Å²) in [6.45, 7) is 11.3. The van der Waals surface area contributed by atoms with Gasteiger partial charge in [0, 0.05) is 19.3 Å². The maximum atomic E-state index is 11.8. The van der Waals surface area contributed by atoms with Gasteiger partial charge < -0.3 is 30.3 Å². The van der Waals surface area contributed by atoms with Crippen LogP contribution < -0.4 is 10.6 Å². The third kappa shape index (κ3) is 19.7. The number of ether oxygens (including phenoxy) is 2. The molecule has 2 aromatic rings. The van der Waals surface area contributed by atoms with Crippen LogP contribution in [-0.2, 0) is 15.9 Å². The van der Waals surface area contributed by atoms with E-state index in [-0.39, 0.29) is 25.3 Å². The van der Waals surface area contributed by atoms with E-state index in [9.17, 15) is 9.59 Å². The number of rotatable bonds is 13. The number of aliphatic hydroxyl groups is 2. The van der Waals surface area contributed by atoms with Crippen molar-refractivity contribution in [1.82, 2.24) is 10.6 Å². The molecule has 2 aromatic carbocycles. The molecule has 0 aliphatic carbocycles. The van der Waals surface area contributed by atoms with Gasteiger partial charge in [-0.15, -0.1) is 0 Å². The zero-order chi connectivity index (χ0) is 31.4. The summed E-state index contributed by atoms with van der Waals surface area (Å²) in [7, 11) is 0. The Balaban J connectivity index is 0.000000420. The molecule has 2 amide bonds. The lowest BCUT2D eigenvalue weighted by Crippen LogP contribution is -2.39. The quantitative estimate of drug-likeness (QED) is 0.209. The molecule has 0 aliphatic heterocycles. The largest absolute Gasteiger partial charge is 0.444 e. The van der Waals surface area contributed by atoms with Crippen molar-refractivity contribution in [2.75, 3.05) is 13.2 Å². The Labute approximate surface area is 252 Å². The van der Waals surface area contributed by atoms with Crippen molar-refractivity contribution >= 4 is 18.3 Å². The van der Waals surface area contributed by atoms with Crippen LogP contribution in [0.2, 0.25) is 0 Å². The molecule has 234 valence electrons. The van der Waals surface area contributed by atoms with Crippen LogP contribution in [0.5, 0.6) is 0 Å². The Morgan fingerprint density at radius 3 is 1.76 bits per heavy atom. The van der Waals surface area contributed by atoms with Crippen molar-refractivity contribution in [3.8, 4) is 0 Å². The van der Waals surface area contributed by atoms with Gasteiger partial charge in [-0.2, -0.15) is 0 Å². The number of aryl methyl sites for hydroxylation is 1. The van der Waals surface area contributed by atoms with Crippen LogP contribution in [0.1, 0.15) is 84.8 Å². The first kappa shape index (κ1) is 36.7. The van der Waals surface area contributed by atoms with Crippen LogP contribution in [0.4, 0.5) is 9.59 Å². The van der Waals surface area contributed by atoms with E-state index in [2.05, 4.69) is 22.8 Å². The number of alkyl carbamates (subject to hydrolysis) is 2. The maximum Gasteiger partial charge on any atom is 0.408 e. The standard InChI is InChI=1S/C17H27NO3.C17H25NO3/c2*1-17(2,3)21-16(20)18-15(10-7-13-19)12-11-14-8-5-4-6-9-14/h4-6,8-9,15,19H,7,10-13H2,1-3H3,(H,18,20);4-6,8-9,11-12,15,19H,7,10,13H2,1-3H3,(H,18,20)/b;12-11+/t2*15-/m00/s1. The molecule has 0 aliphatic rings. The first-order chi connectivity index (χ1) is 19.8. The summed E-state index contributed by atoms with van der Waals surface area (Å²) in [5, 5.41) is 23.7. The summed E-state index contributed by atoms with van der Waals surface area (Å²) in [4.78, 5) is 23.7. The van der Waals surface area contributed by atoms with Crippen LogP contribution in [0, 0.1) is 0 Å². The van der Waals surface area contributed by atoms with Gasteiger partial charge in [0.15, 0.2) is 0 Å². The molecule has 0 aromatic heterocycles. The molecule has 8 nitrogen and oxygen atoms in total. The molecule has 0 heterocycles. The minimum absolute atomic E-state index is 0.0206. The number of aliphatic hydroxyl groups excluding tert-OH is 2. The average molecular weight is 585 g/mol. The third-order valence-electron chi connectivity index (χ3n) is 5.75. The summed E-state index contributed by atoms with van der Waals surface area (Å²) in [6, 6.07) is 19.9. The Hall–Kier alpha value is -3.36. The molecule has 8 heteroatoms. The van der Waals surface area contributed by atoms with Gasteiger partial charge >= 0.3 is 12.2 Å². The number of hydrogen-bond acceptors (Lipinski definition) is 6. The lowest BCUT2D eigenvalue weighted by molar-refractivity contribution is 0.0490. The normalized spacial score (nSPS) is 13.0. The number of benzene rings is 2. The van der Waals surface area contributed by atoms with Gasteiger partial charge in [-0.25, -0.2) is 9.59 Å². The molecule has 42 heavy (non-hydrogen) atoms. The molecule has 0 spiro atoms. The Bertz CT molecular complexity index is 1030. The van der Waals surface area contributed by atoms with Gasteiger partial charge in [0.2, 0.25) is 0 Å². The molecular weight excluding hydrogens is 532 g/mol. The molecule has 0 radical (unpaired) electrons. The van der Waals surface area contributed by atoms with Crippen molar-refractivity contribution in [2.45, 2.75) is 103 Å². The van der Waals surface area contributed by atoms with E-state index in [4.69, 9.17) is 19.7 Å². The van der Waals surface area contributed by atoms with E-state index < -0.39 is 23.4 Å². The van der Waals surface area contributed by atoms with Crippen LogP contribution in [0.15, 0.2) is 66.7 Å². The van der Waals surface area contributed by atoms with E-state index in [0.29, 0.717) is 19.3 Å². The van der Waals surface area contributed by atoms with E-state index in [1.807, 2.05) is 102 Å². The molecular formula is C34H52N2O6. The molecule has 4 N–H and O–H groups in total. The van der Waals surface area contributed by atoms with Crippen molar-refractivity contribution < 1.29 is 29.3 Å². The minimum Gasteiger partial charge on any atom is -0.444 e. The zero-order valence-electron chi connectivity index (χ0n) is 26.3.